The number of nitrogens with one attached hydrogen (secondary N) is 2. The van der Waals surface area contributed by atoms with Gasteiger partial charge in [-0.05, 0) is 19.1 Å². The Morgan fingerprint density at radius 2 is 2.22 bits per heavy atom. The molecule has 2 aromatic heterocycles. The molecule has 0 radical (unpaired) electrons. The molecule has 1 amide bonds. The highest BCUT2D eigenvalue weighted by atomic mass is 35.5. The topological polar surface area (TPSA) is 87.7 Å². The monoisotopic (exact) mass is 264 g/mol. The summed E-state index contributed by atoms with van der Waals surface area (Å²) in [5.41, 5.74) is 0.887. The van der Waals surface area contributed by atoms with Gasteiger partial charge in [0.2, 0.25) is 0 Å². The number of anilines is 1. The molecule has 6 nitrogen and oxygen atoms in total. The van der Waals surface area contributed by atoms with Crippen molar-refractivity contribution in [3.63, 3.8) is 0 Å². The van der Waals surface area contributed by atoms with Gasteiger partial charge in [-0.2, -0.15) is 0 Å². The van der Waals surface area contributed by atoms with Crippen molar-refractivity contribution in [3.05, 3.63) is 51.4 Å². The largest absolute Gasteiger partial charge is 0.325 e. The molecule has 0 spiro atoms. The van der Waals surface area contributed by atoms with Crippen LogP contribution in [0.2, 0.25) is 5.15 Å². The number of carbonyl (C=O) groups excluding carboxylic acids is 1. The molecule has 0 fully saturated rings. The fourth-order valence-electron chi connectivity index (χ4n) is 1.32. The lowest BCUT2D eigenvalue weighted by molar-refractivity contribution is 0.102. The molecule has 2 aromatic rings. The number of hydrogen-bond acceptors (Lipinski definition) is 4. The van der Waals surface area contributed by atoms with Gasteiger partial charge in [-0.25, -0.2) is 9.97 Å². The first kappa shape index (κ1) is 12.3. The summed E-state index contributed by atoms with van der Waals surface area (Å²) >= 11 is 5.71. The van der Waals surface area contributed by atoms with E-state index in [0.717, 1.165) is 6.20 Å². The highest BCUT2D eigenvalue weighted by Gasteiger charge is 2.09. The summed E-state index contributed by atoms with van der Waals surface area (Å²) in [5.74, 6) is -0.432. The van der Waals surface area contributed by atoms with E-state index in [1.165, 1.54) is 6.20 Å². The molecule has 0 aliphatic heterocycles. The Bertz CT molecular complexity index is 633. The van der Waals surface area contributed by atoms with E-state index in [1.807, 2.05) is 0 Å². The summed E-state index contributed by atoms with van der Waals surface area (Å²) in [6.45, 7) is 1.72. The van der Waals surface area contributed by atoms with Gasteiger partial charge in [0.1, 0.15) is 10.8 Å². The fourth-order valence-corrected chi connectivity index (χ4v) is 1.51. The molecule has 0 unspecified atom stereocenters. The average molecular weight is 265 g/mol. The Morgan fingerprint density at radius 1 is 1.44 bits per heavy atom. The molecule has 0 bridgehead atoms. The van der Waals surface area contributed by atoms with Crippen molar-refractivity contribution in [1.82, 2.24) is 15.0 Å². The van der Waals surface area contributed by atoms with Gasteiger partial charge >= 0.3 is 0 Å². The van der Waals surface area contributed by atoms with E-state index in [1.54, 1.807) is 19.1 Å². The Morgan fingerprint density at radius 3 is 2.83 bits per heavy atom. The summed E-state index contributed by atoms with van der Waals surface area (Å²) in [6.07, 6.45) is 2.29. The summed E-state index contributed by atoms with van der Waals surface area (Å²) < 4.78 is 0. The Labute approximate surface area is 107 Å². The molecule has 0 saturated heterocycles. The van der Waals surface area contributed by atoms with Crippen molar-refractivity contribution in [2.45, 2.75) is 6.92 Å². The van der Waals surface area contributed by atoms with E-state index in [0.29, 0.717) is 16.5 Å². The third kappa shape index (κ3) is 2.72. The maximum atomic E-state index is 11.8. The number of aryl methyl sites for hydroxylation is 1. The van der Waals surface area contributed by atoms with Crippen LogP contribution in [0.1, 0.15) is 16.2 Å². The number of halogens is 1. The molecule has 0 atom stereocenters. The second-order valence-corrected chi connectivity index (χ2v) is 3.90. The maximum Gasteiger partial charge on any atom is 0.275 e. The number of nitrogens with zero attached hydrogens (tertiary/aromatic N) is 2. The standard InChI is InChI=1S/C11H9ClN4O2/c1-6-7(2-3-9(12)15-6)16-11(18)8-4-14-10(17)5-13-8/h2-5H,1H3,(H,14,17)(H,16,18). The van der Waals surface area contributed by atoms with Crippen LogP contribution in [0, 0.1) is 6.92 Å². The molecule has 2 N–H and O–H groups in total. The number of pyridine rings is 1. The average Bonchev–Trinajstić information content (AvgIpc) is 2.33. The van der Waals surface area contributed by atoms with Gasteiger partial charge < -0.3 is 10.3 Å². The first-order chi connectivity index (χ1) is 8.56. The molecule has 0 aromatic carbocycles. The quantitative estimate of drug-likeness (QED) is 0.802. The molecule has 0 saturated carbocycles. The molecule has 0 aliphatic carbocycles. The van der Waals surface area contributed by atoms with Gasteiger partial charge in [0, 0.05) is 6.20 Å². The molecule has 7 heteroatoms. The lowest BCUT2D eigenvalue weighted by atomic mass is 10.3. The zero-order valence-electron chi connectivity index (χ0n) is 9.40. The highest BCUT2D eigenvalue weighted by molar-refractivity contribution is 6.29. The van der Waals surface area contributed by atoms with Gasteiger partial charge in [-0.3, -0.25) is 9.59 Å². The molecule has 92 valence electrons. The van der Waals surface area contributed by atoms with Crippen molar-refractivity contribution in [3.8, 4) is 0 Å². The fraction of sp³-hybridized carbons (Fsp3) is 0.0909. The van der Waals surface area contributed by atoms with Crippen LogP contribution in [0.5, 0.6) is 0 Å². The van der Waals surface area contributed by atoms with E-state index in [4.69, 9.17) is 11.6 Å². The first-order valence-corrected chi connectivity index (χ1v) is 5.43. The minimum absolute atomic E-state index is 0.115. The van der Waals surface area contributed by atoms with E-state index in [2.05, 4.69) is 20.3 Å². The zero-order valence-corrected chi connectivity index (χ0v) is 10.2. The number of H-pyrrole nitrogens is 1. The lowest BCUT2D eigenvalue weighted by Gasteiger charge is -2.06. The molecule has 2 heterocycles. The Hall–Kier alpha value is -2.21. The van der Waals surface area contributed by atoms with E-state index in [9.17, 15) is 9.59 Å². The summed E-state index contributed by atoms with van der Waals surface area (Å²) in [6, 6.07) is 3.22. The number of amides is 1. The van der Waals surface area contributed by atoms with E-state index in [-0.39, 0.29) is 11.3 Å². The van der Waals surface area contributed by atoms with Crippen LogP contribution in [0.25, 0.3) is 0 Å². The number of hydrogen-bond donors (Lipinski definition) is 2. The van der Waals surface area contributed by atoms with Crippen molar-refractivity contribution in [1.29, 1.82) is 0 Å². The van der Waals surface area contributed by atoms with Crippen LogP contribution < -0.4 is 10.9 Å². The van der Waals surface area contributed by atoms with Crippen LogP contribution in [-0.4, -0.2) is 20.9 Å². The van der Waals surface area contributed by atoms with Crippen LogP contribution in [-0.2, 0) is 0 Å². The number of aromatic nitrogens is 3. The van der Waals surface area contributed by atoms with Gasteiger partial charge in [-0.1, -0.05) is 11.6 Å². The number of aromatic amines is 1. The summed E-state index contributed by atoms with van der Waals surface area (Å²) in [5, 5.41) is 2.98. The smallest absolute Gasteiger partial charge is 0.275 e. The zero-order chi connectivity index (χ0) is 13.1. The Balaban J connectivity index is 2.21. The van der Waals surface area contributed by atoms with Crippen LogP contribution in [0.15, 0.2) is 29.3 Å². The van der Waals surface area contributed by atoms with Gasteiger partial charge in [0.05, 0.1) is 17.6 Å². The van der Waals surface area contributed by atoms with Crippen molar-refractivity contribution in [2.75, 3.05) is 5.32 Å². The summed E-state index contributed by atoms with van der Waals surface area (Å²) in [4.78, 5) is 32.7. The van der Waals surface area contributed by atoms with Gasteiger partial charge in [-0.15, -0.1) is 0 Å². The highest BCUT2D eigenvalue weighted by Crippen LogP contribution is 2.16. The van der Waals surface area contributed by atoms with Crippen LogP contribution in [0.3, 0.4) is 0 Å². The normalized spacial score (nSPS) is 10.1. The van der Waals surface area contributed by atoms with E-state index >= 15 is 0 Å². The molecule has 0 aliphatic rings. The van der Waals surface area contributed by atoms with Crippen molar-refractivity contribution >= 4 is 23.2 Å². The van der Waals surface area contributed by atoms with Crippen molar-refractivity contribution < 1.29 is 4.79 Å². The number of carbonyl (C=O) groups is 1. The minimum Gasteiger partial charge on any atom is -0.325 e. The maximum absolute atomic E-state index is 11.8. The predicted octanol–water partition coefficient (Wildman–Crippen LogP) is 1.38. The summed E-state index contributed by atoms with van der Waals surface area (Å²) in [7, 11) is 0. The molecule has 18 heavy (non-hydrogen) atoms. The second kappa shape index (κ2) is 4.97. The second-order valence-electron chi connectivity index (χ2n) is 3.52. The lowest BCUT2D eigenvalue weighted by Crippen LogP contribution is -2.17. The molecule has 2 rings (SSSR count). The van der Waals surface area contributed by atoms with E-state index < -0.39 is 5.91 Å². The molecular weight excluding hydrogens is 256 g/mol. The van der Waals surface area contributed by atoms with Gasteiger partial charge in [0.15, 0.2) is 0 Å². The van der Waals surface area contributed by atoms with Crippen LogP contribution in [0.4, 0.5) is 5.69 Å². The van der Waals surface area contributed by atoms with Crippen molar-refractivity contribution in [2.24, 2.45) is 0 Å². The van der Waals surface area contributed by atoms with Gasteiger partial charge in [0.25, 0.3) is 11.5 Å². The predicted molar refractivity (Wildman–Crippen MR) is 66.8 cm³/mol. The minimum atomic E-state index is -0.432. The third-order valence-electron chi connectivity index (χ3n) is 2.20. The van der Waals surface area contributed by atoms with Crippen LogP contribution >= 0.6 is 11.6 Å². The number of rotatable bonds is 2. The third-order valence-corrected chi connectivity index (χ3v) is 2.42. The Kier molecular flexibility index (Phi) is 3.38. The SMILES string of the molecule is Cc1nc(Cl)ccc1NC(=O)c1c[nH]c(=O)cn1. The molecular formula is C11H9ClN4O2. The first-order valence-electron chi connectivity index (χ1n) is 5.05.